The van der Waals surface area contributed by atoms with Gasteiger partial charge < -0.3 is 10.2 Å². The Kier molecular flexibility index (Phi) is 3.07. The van der Waals surface area contributed by atoms with Crippen molar-refractivity contribution >= 4 is 0 Å². The molecule has 0 saturated carbocycles. The Morgan fingerprint density at radius 3 is 1.83 bits per heavy atom. The Labute approximate surface area is 69.5 Å². The van der Waals surface area contributed by atoms with Gasteiger partial charge in [0.1, 0.15) is 0 Å². The highest BCUT2D eigenvalue weighted by atomic mass is 16.3. The van der Waals surface area contributed by atoms with E-state index in [0.717, 1.165) is 0 Å². The SMILES string of the molecule is O=c1n(CCO)ccn1CCO. The molecule has 0 unspecified atom stereocenters. The van der Waals surface area contributed by atoms with Gasteiger partial charge in [-0.3, -0.25) is 9.13 Å². The van der Waals surface area contributed by atoms with Gasteiger partial charge in [0.25, 0.3) is 0 Å². The topological polar surface area (TPSA) is 67.4 Å². The van der Waals surface area contributed by atoms with Gasteiger partial charge in [-0.1, -0.05) is 0 Å². The van der Waals surface area contributed by atoms with Crippen LogP contribution < -0.4 is 5.69 Å². The monoisotopic (exact) mass is 172 g/mol. The predicted octanol–water partition coefficient (Wildman–Crippen LogP) is -1.37. The molecule has 0 aliphatic carbocycles. The molecule has 0 saturated heterocycles. The number of hydrogen-bond acceptors (Lipinski definition) is 3. The van der Waals surface area contributed by atoms with Gasteiger partial charge in [0.15, 0.2) is 0 Å². The van der Waals surface area contributed by atoms with Crippen molar-refractivity contribution in [1.82, 2.24) is 9.13 Å². The summed E-state index contributed by atoms with van der Waals surface area (Å²) < 4.78 is 2.80. The van der Waals surface area contributed by atoms with Gasteiger partial charge in [-0.25, -0.2) is 4.79 Å². The van der Waals surface area contributed by atoms with E-state index in [-0.39, 0.29) is 18.9 Å². The van der Waals surface area contributed by atoms with E-state index in [4.69, 9.17) is 10.2 Å². The lowest BCUT2D eigenvalue weighted by Crippen LogP contribution is -2.25. The molecule has 68 valence electrons. The second kappa shape index (κ2) is 4.08. The Balaban J connectivity index is 2.81. The van der Waals surface area contributed by atoms with E-state index in [1.54, 1.807) is 12.4 Å². The molecule has 5 heteroatoms. The molecule has 0 aliphatic rings. The first kappa shape index (κ1) is 9.02. The number of aliphatic hydroxyl groups is 2. The van der Waals surface area contributed by atoms with Crippen LogP contribution in [0.1, 0.15) is 0 Å². The highest BCUT2D eigenvalue weighted by Gasteiger charge is 2.00. The third-order valence-electron chi connectivity index (χ3n) is 1.60. The maximum Gasteiger partial charge on any atom is 0.328 e. The molecule has 0 atom stereocenters. The van der Waals surface area contributed by atoms with Crippen molar-refractivity contribution in [3.63, 3.8) is 0 Å². The Bertz CT molecular complexity index is 263. The van der Waals surface area contributed by atoms with Crippen LogP contribution in [0.5, 0.6) is 0 Å². The number of aromatic nitrogens is 2. The Hall–Kier alpha value is -1.07. The molecule has 0 spiro atoms. The maximum atomic E-state index is 11.3. The van der Waals surface area contributed by atoms with Crippen LogP contribution >= 0.6 is 0 Å². The summed E-state index contributed by atoms with van der Waals surface area (Å²) in [5.41, 5.74) is -0.196. The Morgan fingerprint density at radius 1 is 1.08 bits per heavy atom. The summed E-state index contributed by atoms with van der Waals surface area (Å²) in [4.78, 5) is 11.3. The summed E-state index contributed by atoms with van der Waals surface area (Å²) in [5.74, 6) is 0. The van der Waals surface area contributed by atoms with E-state index in [2.05, 4.69) is 0 Å². The van der Waals surface area contributed by atoms with E-state index < -0.39 is 0 Å². The first-order valence-electron chi connectivity index (χ1n) is 3.77. The van der Waals surface area contributed by atoms with Crippen LogP contribution in [0.2, 0.25) is 0 Å². The molecule has 12 heavy (non-hydrogen) atoms. The molecule has 0 radical (unpaired) electrons. The second-order valence-corrected chi connectivity index (χ2v) is 2.41. The van der Waals surface area contributed by atoms with Crippen molar-refractivity contribution in [2.45, 2.75) is 13.1 Å². The predicted molar refractivity (Wildman–Crippen MR) is 42.9 cm³/mol. The first-order valence-corrected chi connectivity index (χ1v) is 3.77. The average Bonchev–Trinajstić information content (AvgIpc) is 2.38. The fourth-order valence-corrected chi connectivity index (χ4v) is 1.01. The minimum absolute atomic E-state index is 0.0525. The summed E-state index contributed by atoms with van der Waals surface area (Å²) in [6, 6.07) is 0. The first-order chi connectivity index (χ1) is 5.79. The van der Waals surface area contributed by atoms with Crippen LogP contribution in [0, 0.1) is 0 Å². The van der Waals surface area contributed by atoms with Crippen LogP contribution in [0.4, 0.5) is 0 Å². The van der Waals surface area contributed by atoms with Crippen molar-refractivity contribution in [3.8, 4) is 0 Å². The molecule has 1 aromatic rings. The zero-order valence-electron chi connectivity index (χ0n) is 6.68. The quantitative estimate of drug-likeness (QED) is 0.589. The van der Waals surface area contributed by atoms with Crippen LogP contribution in [0.3, 0.4) is 0 Å². The normalized spacial score (nSPS) is 10.5. The molecule has 0 aromatic carbocycles. The van der Waals surface area contributed by atoms with E-state index in [1.807, 2.05) is 0 Å². The molecule has 5 nitrogen and oxygen atoms in total. The molecular formula is C7H12N2O3. The Morgan fingerprint density at radius 2 is 1.50 bits per heavy atom. The van der Waals surface area contributed by atoms with E-state index in [1.165, 1.54) is 9.13 Å². The minimum Gasteiger partial charge on any atom is -0.395 e. The number of aliphatic hydroxyl groups excluding tert-OH is 2. The molecule has 0 bridgehead atoms. The van der Waals surface area contributed by atoms with Crippen molar-refractivity contribution in [2.24, 2.45) is 0 Å². The van der Waals surface area contributed by atoms with E-state index >= 15 is 0 Å². The lowest BCUT2D eigenvalue weighted by molar-refractivity contribution is 0.266. The zero-order chi connectivity index (χ0) is 8.97. The highest BCUT2D eigenvalue weighted by molar-refractivity contribution is 4.81. The van der Waals surface area contributed by atoms with Gasteiger partial charge in [-0.15, -0.1) is 0 Å². The maximum absolute atomic E-state index is 11.3. The third-order valence-corrected chi connectivity index (χ3v) is 1.60. The fraction of sp³-hybridized carbons (Fsp3) is 0.571. The smallest absolute Gasteiger partial charge is 0.328 e. The average molecular weight is 172 g/mol. The van der Waals surface area contributed by atoms with Gasteiger partial charge in [-0.05, 0) is 0 Å². The molecule has 1 aromatic heterocycles. The number of hydrogen-bond donors (Lipinski definition) is 2. The van der Waals surface area contributed by atoms with Crippen molar-refractivity contribution in [2.75, 3.05) is 13.2 Å². The van der Waals surface area contributed by atoms with Crippen LogP contribution in [-0.2, 0) is 13.1 Å². The lowest BCUT2D eigenvalue weighted by atomic mass is 10.7. The van der Waals surface area contributed by atoms with Crippen molar-refractivity contribution in [3.05, 3.63) is 22.9 Å². The summed E-state index contributed by atoms with van der Waals surface area (Å²) in [6.45, 7) is 0.501. The molecule has 2 N–H and O–H groups in total. The van der Waals surface area contributed by atoms with Gasteiger partial charge in [-0.2, -0.15) is 0 Å². The standard InChI is InChI=1S/C7H12N2O3/c10-5-3-8-1-2-9(4-6-11)7(8)12/h1-2,10-11H,3-6H2. The summed E-state index contributed by atoms with van der Waals surface area (Å²) in [7, 11) is 0. The minimum atomic E-state index is -0.196. The molecule has 0 aliphatic heterocycles. The third kappa shape index (κ3) is 1.75. The highest BCUT2D eigenvalue weighted by Crippen LogP contribution is 1.84. The van der Waals surface area contributed by atoms with Crippen molar-refractivity contribution in [1.29, 1.82) is 0 Å². The molecule has 0 amide bonds. The number of nitrogens with zero attached hydrogens (tertiary/aromatic N) is 2. The van der Waals surface area contributed by atoms with Gasteiger partial charge in [0.2, 0.25) is 0 Å². The summed E-state index contributed by atoms with van der Waals surface area (Å²) >= 11 is 0. The zero-order valence-corrected chi connectivity index (χ0v) is 6.68. The van der Waals surface area contributed by atoms with Gasteiger partial charge >= 0.3 is 5.69 Å². The van der Waals surface area contributed by atoms with E-state index in [0.29, 0.717) is 13.1 Å². The summed E-state index contributed by atoms with van der Waals surface area (Å²) in [5, 5.41) is 17.1. The van der Waals surface area contributed by atoms with Crippen LogP contribution in [0.15, 0.2) is 17.2 Å². The number of imidazole rings is 1. The molecule has 1 rings (SSSR count). The molecular weight excluding hydrogens is 160 g/mol. The largest absolute Gasteiger partial charge is 0.395 e. The van der Waals surface area contributed by atoms with Crippen molar-refractivity contribution < 1.29 is 10.2 Å². The molecule has 0 fully saturated rings. The fourth-order valence-electron chi connectivity index (χ4n) is 1.01. The number of rotatable bonds is 4. The van der Waals surface area contributed by atoms with Crippen LogP contribution in [-0.4, -0.2) is 32.6 Å². The van der Waals surface area contributed by atoms with E-state index in [9.17, 15) is 4.79 Å². The lowest BCUT2D eigenvalue weighted by Gasteiger charge is -1.97. The van der Waals surface area contributed by atoms with Gasteiger partial charge in [0.05, 0.1) is 26.3 Å². The summed E-state index contributed by atoms with van der Waals surface area (Å²) in [6.07, 6.45) is 3.18. The van der Waals surface area contributed by atoms with Gasteiger partial charge in [0, 0.05) is 12.4 Å². The second-order valence-electron chi connectivity index (χ2n) is 2.41. The molecule has 1 heterocycles. The van der Waals surface area contributed by atoms with Crippen LogP contribution in [0.25, 0.3) is 0 Å².